The van der Waals surface area contributed by atoms with Crippen LogP contribution < -0.4 is 15.8 Å². The second-order valence-electron chi connectivity index (χ2n) is 3.72. The molecule has 0 aliphatic rings. The van der Waals surface area contributed by atoms with Gasteiger partial charge in [-0.3, -0.25) is 4.68 Å². The van der Waals surface area contributed by atoms with Crippen molar-refractivity contribution in [2.75, 3.05) is 18.2 Å². The van der Waals surface area contributed by atoms with Crippen molar-refractivity contribution < 1.29 is 4.74 Å². The van der Waals surface area contributed by atoms with E-state index in [1.807, 2.05) is 20.2 Å². The van der Waals surface area contributed by atoms with E-state index in [1.54, 1.807) is 16.8 Å². The summed E-state index contributed by atoms with van der Waals surface area (Å²) in [5.41, 5.74) is 8.03. The van der Waals surface area contributed by atoms with Crippen LogP contribution >= 0.6 is 0 Å². The Kier molecular flexibility index (Phi) is 2.86. The first kappa shape index (κ1) is 11.3. The van der Waals surface area contributed by atoms with Crippen LogP contribution in [0.25, 0.3) is 0 Å². The summed E-state index contributed by atoms with van der Waals surface area (Å²) in [6, 6.07) is 3.55. The Morgan fingerprint density at radius 1 is 1.41 bits per heavy atom. The van der Waals surface area contributed by atoms with E-state index < -0.39 is 0 Å². The highest BCUT2D eigenvalue weighted by atomic mass is 16.5. The molecule has 2 rings (SSSR count). The number of ether oxygens (including phenoxy) is 1. The number of aromatic nitrogens is 3. The van der Waals surface area contributed by atoms with Crippen molar-refractivity contribution in [2.24, 2.45) is 7.05 Å². The molecule has 0 bridgehead atoms. The highest BCUT2D eigenvalue weighted by Gasteiger charge is 2.06. The molecule has 0 saturated carbocycles. The minimum atomic E-state index is 0.413. The molecule has 90 valence electrons. The Morgan fingerprint density at radius 2 is 2.18 bits per heavy atom. The molecular formula is C11H15N5O. The molecule has 0 aliphatic carbocycles. The van der Waals surface area contributed by atoms with Gasteiger partial charge in [0.05, 0.1) is 24.2 Å². The average molecular weight is 233 g/mol. The van der Waals surface area contributed by atoms with Crippen LogP contribution in [-0.4, -0.2) is 21.9 Å². The lowest BCUT2D eigenvalue weighted by Gasteiger charge is -2.07. The van der Waals surface area contributed by atoms with Gasteiger partial charge in [-0.15, -0.1) is 0 Å². The normalized spacial score (nSPS) is 10.3. The van der Waals surface area contributed by atoms with E-state index in [9.17, 15) is 0 Å². The lowest BCUT2D eigenvalue weighted by molar-refractivity contribution is 0.401. The maximum Gasteiger partial charge on any atom is 0.238 e. The van der Waals surface area contributed by atoms with Crippen LogP contribution in [0, 0.1) is 6.92 Å². The van der Waals surface area contributed by atoms with Crippen molar-refractivity contribution in [3.63, 3.8) is 0 Å². The van der Waals surface area contributed by atoms with E-state index in [1.165, 1.54) is 7.11 Å². The van der Waals surface area contributed by atoms with E-state index in [4.69, 9.17) is 10.5 Å². The predicted molar refractivity (Wildman–Crippen MR) is 66.4 cm³/mol. The lowest BCUT2D eigenvalue weighted by Crippen LogP contribution is -1.99. The summed E-state index contributed by atoms with van der Waals surface area (Å²) < 4.78 is 6.80. The Labute approximate surface area is 99.4 Å². The molecule has 2 aromatic heterocycles. The van der Waals surface area contributed by atoms with Crippen molar-refractivity contribution in [3.8, 4) is 5.88 Å². The first-order valence-corrected chi connectivity index (χ1v) is 5.18. The molecular weight excluding hydrogens is 218 g/mol. The molecule has 0 saturated heterocycles. The second-order valence-corrected chi connectivity index (χ2v) is 3.72. The summed E-state index contributed by atoms with van der Waals surface area (Å²) in [6.45, 7) is 1.93. The van der Waals surface area contributed by atoms with Crippen LogP contribution in [0.1, 0.15) is 5.69 Å². The van der Waals surface area contributed by atoms with Crippen LogP contribution in [0.3, 0.4) is 0 Å². The fraction of sp³-hybridized carbons (Fsp3) is 0.273. The minimum Gasteiger partial charge on any atom is -0.479 e. The molecule has 0 radical (unpaired) electrons. The summed E-state index contributed by atoms with van der Waals surface area (Å²) in [6.07, 6.45) is 1.89. The van der Waals surface area contributed by atoms with Crippen molar-refractivity contribution >= 4 is 17.2 Å². The molecule has 0 spiro atoms. The van der Waals surface area contributed by atoms with Crippen LogP contribution in [0.4, 0.5) is 17.2 Å². The molecule has 0 aromatic carbocycles. The molecule has 2 aromatic rings. The number of nitrogens with one attached hydrogen (secondary N) is 1. The van der Waals surface area contributed by atoms with Crippen molar-refractivity contribution in [3.05, 3.63) is 24.0 Å². The summed E-state index contributed by atoms with van der Waals surface area (Å²) >= 11 is 0. The summed E-state index contributed by atoms with van der Waals surface area (Å²) in [5.74, 6) is 1.09. The maximum atomic E-state index is 5.70. The Morgan fingerprint density at radius 3 is 2.76 bits per heavy atom. The van der Waals surface area contributed by atoms with Crippen molar-refractivity contribution in [1.82, 2.24) is 14.8 Å². The quantitative estimate of drug-likeness (QED) is 0.839. The van der Waals surface area contributed by atoms with Crippen molar-refractivity contribution in [2.45, 2.75) is 6.92 Å². The molecule has 0 unspecified atom stereocenters. The molecule has 0 fully saturated rings. The number of rotatable bonds is 3. The molecule has 2 heterocycles. The van der Waals surface area contributed by atoms with E-state index >= 15 is 0 Å². The summed E-state index contributed by atoms with van der Waals surface area (Å²) in [4.78, 5) is 4.24. The number of nitrogen functional groups attached to an aromatic ring is 1. The van der Waals surface area contributed by atoms with Gasteiger partial charge in [0.2, 0.25) is 5.88 Å². The SMILES string of the molecule is COc1nc(Nc2cn(C)nc2C)ccc1N. The van der Waals surface area contributed by atoms with Gasteiger partial charge >= 0.3 is 0 Å². The monoisotopic (exact) mass is 233 g/mol. The Hall–Kier alpha value is -2.24. The first-order chi connectivity index (χ1) is 8.10. The predicted octanol–water partition coefficient (Wildman–Crippen LogP) is 1.46. The zero-order valence-electron chi connectivity index (χ0n) is 10.1. The third-order valence-corrected chi connectivity index (χ3v) is 2.36. The Bertz CT molecular complexity index is 535. The zero-order chi connectivity index (χ0) is 12.4. The lowest BCUT2D eigenvalue weighted by atomic mass is 10.3. The molecule has 17 heavy (non-hydrogen) atoms. The standard InChI is InChI=1S/C11H15N5O/c1-7-9(6-16(2)15-7)13-10-5-4-8(12)11(14-10)17-3/h4-6H,12H2,1-3H3,(H,13,14). The van der Waals surface area contributed by atoms with E-state index in [0.29, 0.717) is 17.4 Å². The van der Waals surface area contributed by atoms with Gasteiger partial charge in [-0.25, -0.2) is 0 Å². The topological polar surface area (TPSA) is 78.0 Å². The van der Waals surface area contributed by atoms with Gasteiger partial charge < -0.3 is 15.8 Å². The smallest absolute Gasteiger partial charge is 0.238 e. The van der Waals surface area contributed by atoms with Gasteiger partial charge in [-0.2, -0.15) is 10.1 Å². The summed E-state index contributed by atoms with van der Waals surface area (Å²) in [7, 11) is 3.41. The molecule has 0 aliphatic heterocycles. The van der Waals surface area contributed by atoms with Gasteiger partial charge in [0.15, 0.2) is 0 Å². The van der Waals surface area contributed by atoms with Gasteiger partial charge in [0, 0.05) is 13.2 Å². The molecule has 0 amide bonds. The maximum absolute atomic E-state index is 5.70. The van der Waals surface area contributed by atoms with Crippen LogP contribution in [0.2, 0.25) is 0 Å². The van der Waals surface area contributed by atoms with Crippen LogP contribution in [-0.2, 0) is 7.05 Å². The fourth-order valence-corrected chi connectivity index (χ4v) is 1.54. The van der Waals surface area contributed by atoms with Crippen LogP contribution in [0.15, 0.2) is 18.3 Å². The second kappa shape index (κ2) is 4.32. The molecule has 6 heteroatoms. The fourth-order valence-electron chi connectivity index (χ4n) is 1.54. The van der Waals surface area contributed by atoms with Gasteiger partial charge in [0.25, 0.3) is 0 Å². The number of nitrogens with two attached hydrogens (primary N) is 1. The number of aryl methyl sites for hydroxylation is 2. The number of nitrogens with zero attached hydrogens (tertiary/aromatic N) is 3. The molecule has 6 nitrogen and oxygen atoms in total. The van der Waals surface area contributed by atoms with Crippen molar-refractivity contribution in [1.29, 1.82) is 0 Å². The third kappa shape index (κ3) is 2.30. The molecule has 0 atom stereocenters. The van der Waals surface area contributed by atoms with Crippen LogP contribution in [0.5, 0.6) is 5.88 Å². The third-order valence-electron chi connectivity index (χ3n) is 2.36. The van der Waals surface area contributed by atoms with Gasteiger partial charge in [-0.05, 0) is 19.1 Å². The van der Waals surface area contributed by atoms with E-state index in [-0.39, 0.29) is 0 Å². The molecule has 3 N–H and O–H groups in total. The first-order valence-electron chi connectivity index (χ1n) is 5.18. The zero-order valence-corrected chi connectivity index (χ0v) is 10.1. The highest BCUT2D eigenvalue weighted by molar-refractivity contribution is 5.61. The number of methoxy groups -OCH3 is 1. The van der Waals surface area contributed by atoms with E-state index in [2.05, 4.69) is 15.4 Å². The number of hydrogen-bond donors (Lipinski definition) is 2. The van der Waals surface area contributed by atoms with E-state index in [0.717, 1.165) is 11.4 Å². The van der Waals surface area contributed by atoms with Gasteiger partial charge in [-0.1, -0.05) is 0 Å². The largest absolute Gasteiger partial charge is 0.479 e. The summed E-state index contributed by atoms with van der Waals surface area (Å²) in [5, 5.41) is 7.40. The number of anilines is 3. The number of hydrogen-bond acceptors (Lipinski definition) is 5. The van der Waals surface area contributed by atoms with Gasteiger partial charge in [0.1, 0.15) is 5.82 Å². The minimum absolute atomic E-state index is 0.413. The Balaban J connectivity index is 2.27. The highest BCUT2D eigenvalue weighted by Crippen LogP contribution is 2.23. The number of pyridine rings is 1. The average Bonchev–Trinajstić information content (AvgIpc) is 2.60.